The molecule has 3 rings (SSSR count). The van der Waals surface area contributed by atoms with Gasteiger partial charge in [0.25, 0.3) is 5.89 Å². The Labute approximate surface area is 152 Å². The lowest BCUT2D eigenvalue weighted by atomic mass is 10.2. The quantitative estimate of drug-likeness (QED) is 0.601. The van der Waals surface area contributed by atoms with E-state index in [0.717, 1.165) is 24.2 Å². The summed E-state index contributed by atoms with van der Waals surface area (Å²) in [6.07, 6.45) is 1.83. The zero-order valence-electron chi connectivity index (χ0n) is 14.3. The van der Waals surface area contributed by atoms with E-state index in [-0.39, 0.29) is 0 Å². The van der Waals surface area contributed by atoms with Gasteiger partial charge in [-0.1, -0.05) is 41.9 Å². The smallest absolute Gasteiger partial charge is 0.259 e. The normalized spacial score (nSPS) is 11.6. The topological polar surface area (TPSA) is 42.2 Å². The van der Waals surface area contributed by atoms with Crippen molar-refractivity contribution in [2.24, 2.45) is 0 Å². The first-order chi connectivity index (χ1) is 12.2. The van der Waals surface area contributed by atoms with Crippen LogP contribution in [0, 0.1) is 0 Å². The fourth-order valence-corrected chi connectivity index (χ4v) is 2.80. The Balaban J connectivity index is 1.79. The number of aromatic nitrogens is 2. The number of hydrogen-bond donors (Lipinski definition) is 0. The van der Waals surface area contributed by atoms with Gasteiger partial charge >= 0.3 is 0 Å². The van der Waals surface area contributed by atoms with Crippen LogP contribution < -0.4 is 4.90 Å². The Morgan fingerprint density at radius 2 is 1.68 bits per heavy atom. The second-order valence-corrected chi connectivity index (χ2v) is 5.94. The molecule has 0 fully saturated rings. The molecule has 0 saturated carbocycles. The van der Waals surface area contributed by atoms with Crippen LogP contribution in [0.1, 0.15) is 25.3 Å². The number of nitrogens with zero attached hydrogens (tertiary/aromatic N) is 3. The van der Waals surface area contributed by atoms with Gasteiger partial charge in [0.15, 0.2) is 0 Å². The van der Waals surface area contributed by atoms with Gasteiger partial charge in [-0.2, -0.15) is 0 Å². The molecule has 0 bridgehead atoms. The predicted molar refractivity (Wildman–Crippen MR) is 103 cm³/mol. The maximum absolute atomic E-state index is 6.35. The molecule has 0 aliphatic rings. The summed E-state index contributed by atoms with van der Waals surface area (Å²) in [5.41, 5.74) is 3.05. The monoisotopic (exact) mass is 353 g/mol. The predicted octanol–water partition coefficient (Wildman–Crippen LogP) is 5.32. The average Bonchev–Trinajstić information content (AvgIpc) is 3.15. The Hall–Kier alpha value is -2.59. The summed E-state index contributed by atoms with van der Waals surface area (Å²) in [6.45, 7) is 6.26. The number of halogens is 1. The van der Waals surface area contributed by atoms with E-state index in [2.05, 4.69) is 41.1 Å². The van der Waals surface area contributed by atoms with E-state index < -0.39 is 0 Å². The van der Waals surface area contributed by atoms with Crippen molar-refractivity contribution >= 4 is 28.4 Å². The van der Waals surface area contributed by atoms with E-state index >= 15 is 0 Å². The molecule has 0 unspecified atom stereocenters. The Morgan fingerprint density at radius 3 is 2.32 bits per heavy atom. The molecule has 0 spiro atoms. The maximum atomic E-state index is 6.35. The molecular formula is C20H20ClN3O. The van der Waals surface area contributed by atoms with Gasteiger partial charge in [-0.05, 0) is 49.8 Å². The van der Waals surface area contributed by atoms with E-state index in [1.165, 1.54) is 5.69 Å². The molecule has 0 N–H and O–H groups in total. The van der Waals surface area contributed by atoms with Crippen molar-refractivity contribution in [2.45, 2.75) is 13.8 Å². The molecule has 5 heteroatoms. The zero-order chi connectivity index (χ0) is 17.6. The van der Waals surface area contributed by atoms with Crippen molar-refractivity contribution < 1.29 is 4.42 Å². The summed E-state index contributed by atoms with van der Waals surface area (Å²) < 4.78 is 5.67. The molecule has 25 heavy (non-hydrogen) atoms. The Bertz CT molecular complexity index is 837. The van der Waals surface area contributed by atoms with Crippen LogP contribution in [0.25, 0.3) is 22.6 Å². The minimum atomic E-state index is 0.313. The largest absolute Gasteiger partial charge is 0.415 e. The van der Waals surface area contributed by atoms with Crippen molar-refractivity contribution in [1.82, 2.24) is 10.2 Å². The molecule has 2 aromatic carbocycles. The molecule has 1 heterocycles. The summed E-state index contributed by atoms with van der Waals surface area (Å²) in [4.78, 5) is 2.29. The summed E-state index contributed by atoms with van der Waals surface area (Å²) in [6, 6.07) is 17.9. The lowest BCUT2D eigenvalue weighted by Crippen LogP contribution is -2.21. The molecule has 0 aliphatic carbocycles. The van der Waals surface area contributed by atoms with E-state index in [9.17, 15) is 0 Å². The summed E-state index contributed by atoms with van der Waals surface area (Å²) >= 11 is 6.35. The van der Waals surface area contributed by atoms with Gasteiger partial charge in [-0.3, -0.25) is 0 Å². The van der Waals surface area contributed by atoms with Gasteiger partial charge < -0.3 is 9.32 Å². The van der Waals surface area contributed by atoms with Gasteiger partial charge in [0, 0.05) is 24.3 Å². The first-order valence-corrected chi connectivity index (χ1v) is 8.70. The van der Waals surface area contributed by atoms with Crippen LogP contribution in [0.5, 0.6) is 0 Å². The zero-order valence-corrected chi connectivity index (χ0v) is 15.1. The standard InChI is InChI=1S/C20H20ClN3O/c1-3-24(4-2)17-12-10-15(11-13-17)14-18(21)20-23-22-19(25-20)16-8-6-5-7-9-16/h5-14H,3-4H2,1-2H3/b18-14-. The van der Waals surface area contributed by atoms with Crippen LogP contribution in [-0.4, -0.2) is 23.3 Å². The minimum absolute atomic E-state index is 0.313. The number of benzene rings is 2. The highest BCUT2D eigenvalue weighted by atomic mass is 35.5. The number of anilines is 1. The van der Waals surface area contributed by atoms with Crippen LogP contribution in [0.3, 0.4) is 0 Å². The lowest BCUT2D eigenvalue weighted by Gasteiger charge is -2.20. The van der Waals surface area contributed by atoms with Crippen molar-refractivity contribution in [1.29, 1.82) is 0 Å². The third-order valence-corrected chi connectivity index (χ3v) is 4.24. The van der Waals surface area contributed by atoms with Crippen LogP contribution in [0.2, 0.25) is 0 Å². The Kier molecular flexibility index (Phi) is 5.51. The molecule has 1 aromatic heterocycles. The van der Waals surface area contributed by atoms with Gasteiger partial charge in [-0.25, -0.2) is 0 Å². The van der Waals surface area contributed by atoms with Crippen molar-refractivity contribution in [3.05, 3.63) is 66.1 Å². The van der Waals surface area contributed by atoms with Crippen LogP contribution >= 0.6 is 11.6 Å². The van der Waals surface area contributed by atoms with Crippen LogP contribution in [0.4, 0.5) is 5.69 Å². The van der Waals surface area contributed by atoms with E-state index in [1.54, 1.807) is 0 Å². The molecular weight excluding hydrogens is 334 g/mol. The third kappa shape index (κ3) is 4.09. The SMILES string of the molecule is CCN(CC)c1ccc(/C=C(\Cl)c2nnc(-c3ccccc3)o2)cc1. The molecule has 4 nitrogen and oxygen atoms in total. The lowest BCUT2D eigenvalue weighted by molar-refractivity contribution is 0.556. The van der Waals surface area contributed by atoms with Crippen molar-refractivity contribution in [2.75, 3.05) is 18.0 Å². The van der Waals surface area contributed by atoms with E-state index in [1.807, 2.05) is 48.5 Å². The first kappa shape index (κ1) is 17.2. The highest BCUT2D eigenvalue weighted by Crippen LogP contribution is 2.25. The van der Waals surface area contributed by atoms with Crippen LogP contribution in [0.15, 0.2) is 59.0 Å². The number of rotatable bonds is 6. The van der Waals surface area contributed by atoms with Gasteiger partial charge in [0.2, 0.25) is 5.89 Å². The molecule has 0 radical (unpaired) electrons. The maximum Gasteiger partial charge on any atom is 0.259 e. The van der Waals surface area contributed by atoms with E-state index in [4.69, 9.17) is 16.0 Å². The molecule has 0 amide bonds. The molecule has 128 valence electrons. The third-order valence-electron chi connectivity index (χ3n) is 3.97. The molecule has 0 atom stereocenters. The van der Waals surface area contributed by atoms with E-state index in [0.29, 0.717) is 16.8 Å². The molecule has 0 saturated heterocycles. The first-order valence-electron chi connectivity index (χ1n) is 8.32. The minimum Gasteiger partial charge on any atom is -0.415 e. The fourth-order valence-electron chi connectivity index (χ4n) is 2.60. The van der Waals surface area contributed by atoms with Gasteiger partial charge in [0.05, 0.1) is 0 Å². The number of hydrogen-bond acceptors (Lipinski definition) is 4. The van der Waals surface area contributed by atoms with Crippen molar-refractivity contribution in [3.63, 3.8) is 0 Å². The highest BCUT2D eigenvalue weighted by Gasteiger charge is 2.11. The Morgan fingerprint density at radius 1 is 1.00 bits per heavy atom. The van der Waals surface area contributed by atoms with Crippen molar-refractivity contribution in [3.8, 4) is 11.5 Å². The highest BCUT2D eigenvalue weighted by molar-refractivity contribution is 6.50. The second-order valence-electron chi connectivity index (χ2n) is 5.53. The summed E-state index contributed by atoms with van der Waals surface area (Å²) in [5.74, 6) is 0.771. The van der Waals surface area contributed by atoms with Gasteiger partial charge in [0.1, 0.15) is 5.03 Å². The van der Waals surface area contributed by atoms with Crippen LogP contribution in [-0.2, 0) is 0 Å². The summed E-state index contributed by atoms with van der Waals surface area (Å²) in [7, 11) is 0. The molecule has 3 aromatic rings. The molecule has 0 aliphatic heterocycles. The fraction of sp³-hybridized carbons (Fsp3) is 0.200. The summed E-state index contributed by atoms with van der Waals surface area (Å²) in [5, 5.41) is 8.52. The van der Waals surface area contributed by atoms with Gasteiger partial charge in [-0.15, -0.1) is 10.2 Å². The second kappa shape index (κ2) is 7.99. The average molecular weight is 354 g/mol.